The van der Waals surface area contributed by atoms with Gasteiger partial charge < -0.3 is 4.12 Å². The van der Waals surface area contributed by atoms with Crippen molar-refractivity contribution in [2.75, 3.05) is 13.2 Å². The van der Waals surface area contributed by atoms with Crippen LogP contribution in [0.25, 0.3) is 0 Å². The summed E-state index contributed by atoms with van der Waals surface area (Å²) in [4.78, 5) is 9.98. The Morgan fingerprint density at radius 3 is 1.60 bits per heavy atom. The summed E-state index contributed by atoms with van der Waals surface area (Å²) in [7, 11) is -3.68. The van der Waals surface area contributed by atoms with Gasteiger partial charge in [0.15, 0.2) is 9.04 Å². The largest absolute Gasteiger partial charge is 0.463 e. The van der Waals surface area contributed by atoms with E-state index in [2.05, 4.69) is 63.5 Å². The quantitative estimate of drug-likeness (QED) is 0.0676. The van der Waals surface area contributed by atoms with Crippen LogP contribution in [-0.4, -0.2) is 48.2 Å². The third-order valence-electron chi connectivity index (χ3n) is 7.33. The smallest absolute Gasteiger partial charge is 0.156 e. The second kappa shape index (κ2) is 19.1. The molecule has 0 atom stereocenters. The van der Waals surface area contributed by atoms with E-state index in [4.69, 9.17) is 13.9 Å². The minimum atomic E-state index is -1.32. The van der Waals surface area contributed by atoms with Crippen LogP contribution in [-0.2, 0) is 13.9 Å². The Balaban J connectivity index is 2.22. The highest BCUT2D eigenvalue weighted by Gasteiger charge is 2.26. The first-order valence-electron chi connectivity index (χ1n) is 14.7. The molecule has 0 radical (unpaired) electrons. The highest BCUT2D eigenvalue weighted by molar-refractivity contribution is 6.91. The summed E-state index contributed by atoms with van der Waals surface area (Å²) >= 11 is 0. The maximum atomic E-state index is 5.99. The first kappa shape index (κ1) is 33.0. The average Bonchev–Trinajstić information content (AvgIpc) is 2.81. The summed E-state index contributed by atoms with van der Waals surface area (Å²) in [5.41, 5.74) is 0. The Bertz CT molecular complexity index is 636. The van der Waals surface area contributed by atoms with Gasteiger partial charge in [0.2, 0.25) is 0 Å². The molecule has 35 heavy (non-hydrogen) atoms. The molecule has 0 saturated heterocycles. The van der Waals surface area contributed by atoms with Crippen LogP contribution in [0.2, 0.25) is 57.4 Å². The standard InChI is InChI=1S/C28H58O3Si4/c1-8-29-30-23-16-14-12-10-9-11-13-15-17-25-34(4,5)27-19-21-28(22-20-27)35(6,7)26-18-24-32-31-33(2)3/h19-22,33H,8-18,23-26,32H2,1-7H3. The van der Waals surface area contributed by atoms with Crippen LogP contribution in [0.4, 0.5) is 0 Å². The van der Waals surface area contributed by atoms with Gasteiger partial charge in [-0.05, 0) is 32.5 Å². The number of unbranched alkanes of at least 4 members (excludes halogenated alkanes) is 8. The van der Waals surface area contributed by atoms with Crippen molar-refractivity contribution in [2.45, 2.75) is 129 Å². The highest BCUT2D eigenvalue weighted by atomic mass is 28.3. The summed E-state index contributed by atoms with van der Waals surface area (Å²) in [6.45, 7) is 18.2. The molecule has 1 aromatic rings. The first-order chi connectivity index (χ1) is 16.7. The molecule has 0 fully saturated rings. The van der Waals surface area contributed by atoms with Crippen LogP contribution in [0.1, 0.15) is 71.1 Å². The van der Waals surface area contributed by atoms with Gasteiger partial charge in [-0.15, -0.1) is 0 Å². The Labute approximate surface area is 224 Å². The fraction of sp³-hybridized carbons (Fsp3) is 0.786. The molecule has 0 bridgehead atoms. The molecule has 0 aliphatic rings. The van der Waals surface area contributed by atoms with Crippen molar-refractivity contribution < 1.29 is 13.9 Å². The Hall–Kier alpha value is -0.0325. The SMILES string of the molecule is CCOOCCCCCCCCCCC[Si](C)(C)c1ccc([Si](C)(C)CCC[SiH2]O[SiH](C)C)cc1. The van der Waals surface area contributed by atoms with E-state index in [1.54, 1.807) is 10.4 Å². The van der Waals surface area contributed by atoms with Gasteiger partial charge in [-0.1, -0.05) is 131 Å². The van der Waals surface area contributed by atoms with Crippen molar-refractivity contribution >= 4 is 45.3 Å². The lowest BCUT2D eigenvalue weighted by atomic mass is 10.1. The zero-order chi connectivity index (χ0) is 26.0. The molecule has 0 aliphatic carbocycles. The van der Waals surface area contributed by atoms with Gasteiger partial charge in [0, 0.05) is 0 Å². The summed E-state index contributed by atoms with van der Waals surface area (Å²) in [6.07, 6.45) is 13.5. The van der Waals surface area contributed by atoms with Crippen LogP contribution in [0.3, 0.4) is 0 Å². The van der Waals surface area contributed by atoms with Gasteiger partial charge in [0.05, 0.1) is 29.4 Å². The summed E-state index contributed by atoms with van der Waals surface area (Å²) in [5, 5.41) is 3.30. The van der Waals surface area contributed by atoms with Gasteiger partial charge in [-0.25, -0.2) is 9.78 Å². The minimum Gasteiger partial charge on any atom is -0.463 e. The van der Waals surface area contributed by atoms with Gasteiger partial charge in [0.25, 0.3) is 0 Å². The lowest BCUT2D eigenvalue weighted by Crippen LogP contribution is -2.45. The third-order valence-corrected chi connectivity index (χ3v) is 18.7. The third kappa shape index (κ3) is 15.7. The fourth-order valence-corrected chi connectivity index (χ4v) is 13.2. The maximum Gasteiger partial charge on any atom is 0.156 e. The van der Waals surface area contributed by atoms with E-state index in [-0.39, 0.29) is 9.76 Å². The number of hydrogen-bond donors (Lipinski definition) is 0. The van der Waals surface area contributed by atoms with Gasteiger partial charge in [-0.2, -0.15) is 0 Å². The monoisotopic (exact) mass is 554 g/mol. The second-order valence-corrected chi connectivity index (χ2v) is 26.1. The van der Waals surface area contributed by atoms with Crippen molar-refractivity contribution in [3.8, 4) is 0 Å². The maximum absolute atomic E-state index is 5.99. The van der Waals surface area contributed by atoms with Crippen molar-refractivity contribution in [1.82, 2.24) is 0 Å². The lowest BCUT2D eigenvalue weighted by Gasteiger charge is -2.26. The minimum absolute atomic E-state index is 0.252. The van der Waals surface area contributed by atoms with E-state index in [1.165, 1.54) is 75.9 Å². The summed E-state index contributed by atoms with van der Waals surface area (Å²) < 4.78 is 5.99. The zero-order valence-corrected chi connectivity index (χ0v) is 29.0. The summed E-state index contributed by atoms with van der Waals surface area (Å²) in [6, 6.07) is 14.2. The molecule has 204 valence electrons. The van der Waals surface area contributed by atoms with Crippen LogP contribution in [0, 0.1) is 0 Å². The average molecular weight is 555 g/mol. The molecule has 0 aromatic heterocycles. The van der Waals surface area contributed by atoms with Crippen molar-refractivity contribution in [2.24, 2.45) is 0 Å². The molecule has 1 aromatic carbocycles. The molecule has 0 amide bonds. The van der Waals surface area contributed by atoms with Crippen LogP contribution < -0.4 is 10.4 Å². The predicted octanol–water partition coefficient (Wildman–Crippen LogP) is 6.89. The summed E-state index contributed by atoms with van der Waals surface area (Å²) in [5.74, 6) is 0. The molecular weight excluding hydrogens is 497 g/mol. The first-order valence-corrected chi connectivity index (χ1v) is 25.4. The molecule has 0 unspecified atom stereocenters. The Morgan fingerprint density at radius 1 is 0.657 bits per heavy atom. The van der Waals surface area contributed by atoms with Crippen molar-refractivity contribution in [3.63, 3.8) is 0 Å². The van der Waals surface area contributed by atoms with Crippen LogP contribution >= 0.6 is 0 Å². The molecular formula is C28H58O3Si4. The number of rotatable bonds is 22. The number of benzene rings is 1. The second-order valence-electron chi connectivity index (χ2n) is 11.9. The van der Waals surface area contributed by atoms with E-state index < -0.39 is 25.2 Å². The van der Waals surface area contributed by atoms with E-state index in [9.17, 15) is 0 Å². The topological polar surface area (TPSA) is 27.7 Å². The van der Waals surface area contributed by atoms with Crippen LogP contribution in [0.15, 0.2) is 24.3 Å². The number of hydrogen-bond acceptors (Lipinski definition) is 3. The molecule has 0 aliphatic heterocycles. The Kier molecular flexibility index (Phi) is 18.0. The van der Waals surface area contributed by atoms with E-state index in [1.807, 2.05) is 6.92 Å². The molecule has 0 saturated carbocycles. The zero-order valence-electron chi connectivity index (χ0n) is 24.4. The van der Waals surface area contributed by atoms with Crippen LogP contribution in [0.5, 0.6) is 0 Å². The van der Waals surface area contributed by atoms with Crippen molar-refractivity contribution in [3.05, 3.63) is 24.3 Å². The molecule has 0 heterocycles. The van der Waals surface area contributed by atoms with E-state index >= 15 is 0 Å². The molecule has 1 rings (SSSR count). The van der Waals surface area contributed by atoms with E-state index in [0.29, 0.717) is 6.61 Å². The molecule has 3 nitrogen and oxygen atoms in total. The van der Waals surface area contributed by atoms with Gasteiger partial charge in [0.1, 0.15) is 9.76 Å². The lowest BCUT2D eigenvalue weighted by molar-refractivity contribution is -0.291. The van der Waals surface area contributed by atoms with Gasteiger partial charge in [-0.3, -0.25) is 0 Å². The normalized spacial score (nSPS) is 12.9. The molecule has 0 spiro atoms. The highest BCUT2D eigenvalue weighted by Crippen LogP contribution is 2.18. The fourth-order valence-electron chi connectivity index (χ4n) is 4.76. The molecule has 7 heteroatoms. The van der Waals surface area contributed by atoms with Gasteiger partial charge >= 0.3 is 0 Å². The van der Waals surface area contributed by atoms with E-state index in [0.717, 1.165) is 13.0 Å². The van der Waals surface area contributed by atoms with Crippen molar-refractivity contribution in [1.29, 1.82) is 0 Å². The predicted molar refractivity (Wildman–Crippen MR) is 167 cm³/mol. The molecule has 0 N–H and O–H groups in total. The Morgan fingerprint density at radius 2 is 1.11 bits per heavy atom.